The highest BCUT2D eigenvalue weighted by Crippen LogP contribution is 2.19. The van der Waals surface area contributed by atoms with Crippen molar-refractivity contribution in [2.24, 2.45) is 0 Å². The molecule has 1 aromatic carbocycles. The monoisotopic (exact) mass is 299 g/mol. The molecule has 92 valence electrons. The fraction of sp³-hybridized carbons (Fsp3) is 0.308. The molecule has 2 nitrogen and oxygen atoms in total. The second-order valence-electron chi connectivity index (χ2n) is 3.76. The van der Waals surface area contributed by atoms with Crippen LogP contribution >= 0.6 is 15.9 Å². The van der Waals surface area contributed by atoms with Crippen molar-refractivity contribution in [1.82, 2.24) is 4.90 Å². The Kier molecular flexibility index (Phi) is 5.35. The molecule has 0 aliphatic heterocycles. The van der Waals surface area contributed by atoms with Crippen molar-refractivity contribution in [3.8, 4) is 0 Å². The molecule has 0 aromatic heterocycles. The zero-order valence-corrected chi connectivity index (χ0v) is 11.3. The van der Waals surface area contributed by atoms with E-state index in [-0.39, 0.29) is 11.5 Å². The quantitative estimate of drug-likeness (QED) is 0.600. The Morgan fingerprint density at radius 2 is 2.29 bits per heavy atom. The molecule has 1 aromatic rings. The lowest BCUT2D eigenvalue weighted by molar-refractivity contribution is 0.0789. The van der Waals surface area contributed by atoms with E-state index in [1.807, 2.05) is 0 Å². The van der Waals surface area contributed by atoms with E-state index >= 15 is 0 Å². The average Bonchev–Trinajstić information content (AvgIpc) is 2.32. The maximum Gasteiger partial charge on any atom is 0.256 e. The summed E-state index contributed by atoms with van der Waals surface area (Å²) in [5, 5.41) is 0. The molecule has 0 aliphatic carbocycles. The fourth-order valence-electron chi connectivity index (χ4n) is 1.45. The van der Waals surface area contributed by atoms with Crippen LogP contribution in [-0.2, 0) is 0 Å². The number of benzene rings is 1. The summed E-state index contributed by atoms with van der Waals surface area (Å²) in [6.07, 6.45) is 3.48. The first-order chi connectivity index (χ1) is 8.07. The van der Waals surface area contributed by atoms with Gasteiger partial charge in [0, 0.05) is 13.6 Å². The highest BCUT2D eigenvalue weighted by atomic mass is 79.9. The summed E-state index contributed by atoms with van der Waals surface area (Å²) in [5.74, 6) is -0.805. The van der Waals surface area contributed by atoms with Crippen LogP contribution in [0.3, 0.4) is 0 Å². The number of nitrogens with zero attached hydrogens (tertiary/aromatic N) is 1. The molecule has 0 unspecified atom stereocenters. The minimum atomic E-state index is -0.506. The smallest absolute Gasteiger partial charge is 0.256 e. The molecule has 17 heavy (non-hydrogen) atoms. The van der Waals surface area contributed by atoms with Gasteiger partial charge in [-0.15, -0.1) is 6.58 Å². The van der Waals surface area contributed by atoms with Gasteiger partial charge in [-0.2, -0.15) is 0 Å². The lowest BCUT2D eigenvalue weighted by Gasteiger charge is -2.17. The van der Waals surface area contributed by atoms with E-state index in [0.717, 1.165) is 12.8 Å². The lowest BCUT2D eigenvalue weighted by atomic mass is 10.2. The van der Waals surface area contributed by atoms with Crippen LogP contribution in [-0.4, -0.2) is 24.4 Å². The van der Waals surface area contributed by atoms with Gasteiger partial charge < -0.3 is 4.90 Å². The summed E-state index contributed by atoms with van der Waals surface area (Å²) in [7, 11) is 1.67. The molecule has 0 fully saturated rings. The number of unbranched alkanes of at least 4 members (excludes halogenated alkanes) is 1. The van der Waals surface area contributed by atoms with Gasteiger partial charge in [0.2, 0.25) is 0 Å². The zero-order valence-electron chi connectivity index (χ0n) is 9.75. The first-order valence-electron chi connectivity index (χ1n) is 5.38. The summed E-state index contributed by atoms with van der Waals surface area (Å²) >= 11 is 3.07. The number of hydrogen-bond acceptors (Lipinski definition) is 1. The van der Waals surface area contributed by atoms with E-state index in [1.165, 1.54) is 11.0 Å². The maximum atomic E-state index is 13.7. The lowest BCUT2D eigenvalue weighted by Crippen LogP contribution is -2.28. The Morgan fingerprint density at radius 3 is 2.94 bits per heavy atom. The van der Waals surface area contributed by atoms with Gasteiger partial charge in [-0.25, -0.2) is 4.39 Å². The van der Waals surface area contributed by atoms with Crippen molar-refractivity contribution in [2.45, 2.75) is 12.8 Å². The second-order valence-corrected chi connectivity index (χ2v) is 4.61. The average molecular weight is 300 g/mol. The largest absolute Gasteiger partial charge is 0.342 e. The molecule has 1 rings (SSSR count). The van der Waals surface area contributed by atoms with Crippen LogP contribution in [0.15, 0.2) is 35.3 Å². The standard InChI is InChI=1S/C13H15BrFNO/c1-3-4-5-9-16(2)13(17)10-7-6-8-11(14)12(10)15/h3,6-8H,1,4-5,9H2,2H3. The van der Waals surface area contributed by atoms with Gasteiger partial charge in [-0.3, -0.25) is 4.79 Å². The highest BCUT2D eigenvalue weighted by molar-refractivity contribution is 9.10. The van der Waals surface area contributed by atoms with Gasteiger partial charge in [-0.1, -0.05) is 12.1 Å². The Hall–Kier alpha value is -1.16. The summed E-state index contributed by atoms with van der Waals surface area (Å²) in [6, 6.07) is 4.72. The predicted octanol–water partition coefficient (Wildman–Crippen LogP) is 3.63. The van der Waals surface area contributed by atoms with Crippen molar-refractivity contribution >= 4 is 21.8 Å². The van der Waals surface area contributed by atoms with Crippen molar-refractivity contribution in [2.75, 3.05) is 13.6 Å². The van der Waals surface area contributed by atoms with E-state index in [2.05, 4.69) is 22.5 Å². The Labute approximate surface area is 109 Å². The summed E-state index contributed by atoms with van der Waals surface area (Å²) < 4.78 is 14.0. The van der Waals surface area contributed by atoms with E-state index in [0.29, 0.717) is 11.0 Å². The molecule has 0 saturated heterocycles. The topological polar surface area (TPSA) is 20.3 Å². The summed E-state index contributed by atoms with van der Waals surface area (Å²) in [6.45, 7) is 4.21. The third kappa shape index (κ3) is 3.66. The molecule has 0 atom stereocenters. The Bertz CT molecular complexity index is 420. The van der Waals surface area contributed by atoms with Crippen LogP contribution in [0.5, 0.6) is 0 Å². The Morgan fingerprint density at radius 1 is 1.59 bits per heavy atom. The van der Waals surface area contributed by atoms with E-state index < -0.39 is 5.82 Å². The van der Waals surface area contributed by atoms with Gasteiger partial charge in [-0.05, 0) is 40.9 Å². The SMILES string of the molecule is C=CCCCN(C)C(=O)c1cccc(Br)c1F. The second kappa shape index (κ2) is 6.55. The summed E-state index contributed by atoms with van der Waals surface area (Å²) in [4.78, 5) is 13.5. The van der Waals surface area contributed by atoms with Crippen LogP contribution in [0.4, 0.5) is 4.39 Å². The number of hydrogen-bond donors (Lipinski definition) is 0. The zero-order chi connectivity index (χ0) is 12.8. The molecule has 4 heteroatoms. The van der Waals surface area contributed by atoms with Crippen molar-refractivity contribution in [1.29, 1.82) is 0 Å². The van der Waals surface area contributed by atoms with Crippen LogP contribution in [0, 0.1) is 5.82 Å². The minimum Gasteiger partial charge on any atom is -0.342 e. The number of carbonyl (C=O) groups excluding carboxylic acids is 1. The first kappa shape index (κ1) is 13.9. The molecule has 0 spiro atoms. The van der Waals surface area contributed by atoms with Crippen LogP contribution in [0.25, 0.3) is 0 Å². The number of allylic oxidation sites excluding steroid dienone is 1. The van der Waals surface area contributed by atoms with Crippen LogP contribution < -0.4 is 0 Å². The van der Waals surface area contributed by atoms with Crippen molar-refractivity contribution < 1.29 is 9.18 Å². The third-order valence-electron chi connectivity index (χ3n) is 2.43. The fourth-order valence-corrected chi connectivity index (χ4v) is 1.82. The molecule has 0 heterocycles. The first-order valence-corrected chi connectivity index (χ1v) is 6.17. The predicted molar refractivity (Wildman–Crippen MR) is 70.5 cm³/mol. The molecule has 0 aliphatic rings. The molecule has 0 radical (unpaired) electrons. The normalized spacial score (nSPS) is 10.1. The van der Waals surface area contributed by atoms with Crippen LogP contribution in [0.1, 0.15) is 23.2 Å². The number of amides is 1. The van der Waals surface area contributed by atoms with Gasteiger partial charge in [0.05, 0.1) is 10.0 Å². The van der Waals surface area contributed by atoms with E-state index in [4.69, 9.17) is 0 Å². The molecule has 1 amide bonds. The highest BCUT2D eigenvalue weighted by Gasteiger charge is 2.17. The van der Waals surface area contributed by atoms with Gasteiger partial charge in [0.15, 0.2) is 0 Å². The molecule has 0 N–H and O–H groups in total. The van der Waals surface area contributed by atoms with Gasteiger partial charge >= 0.3 is 0 Å². The molecular weight excluding hydrogens is 285 g/mol. The number of rotatable bonds is 5. The minimum absolute atomic E-state index is 0.0977. The molecule has 0 saturated carbocycles. The number of carbonyl (C=O) groups is 1. The molecular formula is C13H15BrFNO. The van der Waals surface area contributed by atoms with Gasteiger partial charge in [0.1, 0.15) is 5.82 Å². The van der Waals surface area contributed by atoms with Crippen molar-refractivity contribution in [3.05, 3.63) is 46.7 Å². The van der Waals surface area contributed by atoms with Crippen molar-refractivity contribution in [3.63, 3.8) is 0 Å². The number of halogens is 2. The van der Waals surface area contributed by atoms with E-state index in [1.54, 1.807) is 25.3 Å². The third-order valence-corrected chi connectivity index (χ3v) is 3.04. The van der Waals surface area contributed by atoms with Crippen LogP contribution in [0.2, 0.25) is 0 Å². The maximum absolute atomic E-state index is 13.7. The molecule has 0 bridgehead atoms. The summed E-state index contributed by atoms with van der Waals surface area (Å²) in [5.41, 5.74) is 0.0977. The van der Waals surface area contributed by atoms with Gasteiger partial charge in [0.25, 0.3) is 5.91 Å². The van der Waals surface area contributed by atoms with E-state index in [9.17, 15) is 9.18 Å². The Balaban J connectivity index is 2.75.